The van der Waals surface area contributed by atoms with E-state index in [2.05, 4.69) is 4.98 Å². The van der Waals surface area contributed by atoms with Crippen molar-refractivity contribution >= 4 is 11.7 Å². The number of carbonyl (C=O) groups is 1. The van der Waals surface area contributed by atoms with E-state index in [1.165, 1.54) is 4.90 Å². The van der Waals surface area contributed by atoms with Gasteiger partial charge in [-0.3, -0.25) is 9.69 Å². The molecule has 2 N–H and O–H groups in total. The molecule has 1 atom stereocenters. The normalized spacial score (nSPS) is 12.2. The first-order valence-corrected chi connectivity index (χ1v) is 5.10. The van der Waals surface area contributed by atoms with Crippen LogP contribution in [-0.4, -0.2) is 37.7 Å². The Kier molecular flexibility index (Phi) is 4.88. The molecule has 1 rings (SSSR count). The fourth-order valence-corrected chi connectivity index (χ4v) is 1.28. The molecule has 5 nitrogen and oxygen atoms in total. The second kappa shape index (κ2) is 6.19. The molecule has 0 aliphatic rings. The van der Waals surface area contributed by atoms with Crippen LogP contribution in [0, 0.1) is 0 Å². The third kappa shape index (κ3) is 3.29. The zero-order valence-corrected chi connectivity index (χ0v) is 9.59. The van der Waals surface area contributed by atoms with Crippen LogP contribution in [0.15, 0.2) is 24.4 Å². The number of carbonyl (C=O) groups excluding carboxylic acids is 1. The zero-order valence-electron chi connectivity index (χ0n) is 9.59. The topological polar surface area (TPSA) is 68.5 Å². The molecule has 0 radical (unpaired) electrons. The fourth-order valence-electron chi connectivity index (χ4n) is 1.28. The highest BCUT2D eigenvalue weighted by atomic mass is 16.5. The minimum Gasteiger partial charge on any atom is -0.385 e. The molecular formula is C11H17N3O2. The number of likely N-dealkylation sites (N-methyl/N-ethyl adjacent to an activating group) is 1. The SMILES string of the molecule is COCCC(N)C(=O)N(C)c1ccccn1. The highest BCUT2D eigenvalue weighted by Gasteiger charge is 2.19. The maximum Gasteiger partial charge on any atom is 0.244 e. The molecule has 1 aromatic rings. The second-order valence-electron chi connectivity index (χ2n) is 3.47. The summed E-state index contributed by atoms with van der Waals surface area (Å²) < 4.78 is 4.88. The summed E-state index contributed by atoms with van der Waals surface area (Å²) in [4.78, 5) is 17.4. The molecular weight excluding hydrogens is 206 g/mol. The lowest BCUT2D eigenvalue weighted by molar-refractivity contribution is -0.119. The fraction of sp³-hybridized carbons (Fsp3) is 0.455. The number of pyridine rings is 1. The molecule has 0 aliphatic carbocycles. The van der Waals surface area contributed by atoms with Crippen LogP contribution in [0.1, 0.15) is 6.42 Å². The van der Waals surface area contributed by atoms with E-state index in [1.807, 2.05) is 6.07 Å². The monoisotopic (exact) mass is 223 g/mol. The van der Waals surface area contributed by atoms with Crippen molar-refractivity contribution in [3.05, 3.63) is 24.4 Å². The van der Waals surface area contributed by atoms with E-state index in [9.17, 15) is 4.79 Å². The first-order valence-electron chi connectivity index (χ1n) is 5.10. The number of amides is 1. The Morgan fingerprint density at radius 3 is 2.94 bits per heavy atom. The molecule has 0 saturated carbocycles. The molecule has 1 heterocycles. The molecule has 1 unspecified atom stereocenters. The Bertz CT molecular complexity index is 329. The summed E-state index contributed by atoms with van der Waals surface area (Å²) in [6.07, 6.45) is 2.15. The quantitative estimate of drug-likeness (QED) is 0.785. The van der Waals surface area contributed by atoms with Crippen LogP contribution >= 0.6 is 0 Å². The zero-order chi connectivity index (χ0) is 12.0. The van der Waals surface area contributed by atoms with Crippen molar-refractivity contribution in [2.45, 2.75) is 12.5 Å². The smallest absolute Gasteiger partial charge is 0.244 e. The van der Waals surface area contributed by atoms with E-state index in [0.717, 1.165) is 0 Å². The van der Waals surface area contributed by atoms with Crippen molar-refractivity contribution in [3.63, 3.8) is 0 Å². The average molecular weight is 223 g/mol. The Morgan fingerprint density at radius 1 is 1.62 bits per heavy atom. The molecule has 88 valence electrons. The van der Waals surface area contributed by atoms with Gasteiger partial charge in [-0.15, -0.1) is 0 Å². The van der Waals surface area contributed by atoms with Gasteiger partial charge in [0.25, 0.3) is 0 Å². The van der Waals surface area contributed by atoms with Gasteiger partial charge in [-0.2, -0.15) is 0 Å². The first-order chi connectivity index (χ1) is 7.66. The van der Waals surface area contributed by atoms with Crippen LogP contribution in [0.3, 0.4) is 0 Å². The highest BCUT2D eigenvalue weighted by molar-refractivity contribution is 5.95. The standard InChI is InChI=1S/C11H17N3O2/c1-14(10-5-3-4-7-13-10)11(15)9(12)6-8-16-2/h3-5,7,9H,6,8,12H2,1-2H3. The minimum atomic E-state index is -0.549. The third-order valence-electron chi connectivity index (χ3n) is 2.27. The molecule has 1 aromatic heterocycles. The number of aromatic nitrogens is 1. The maximum absolute atomic E-state index is 11.9. The van der Waals surface area contributed by atoms with E-state index in [0.29, 0.717) is 18.8 Å². The van der Waals surface area contributed by atoms with Crippen LogP contribution in [-0.2, 0) is 9.53 Å². The number of nitrogens with two attached hydrogens (primary N) is 1. The molecule has 16 heavy (non-hydrogen) atoms. The molecule has 0 saturated heterocycles. The number of rotatable bonds is 5. The van der Waals surface area contributed by atoms with Gasteiger partial charge in [0.1, 0.15) is 5.82 Å². The maximum atomic E-state index is 11.9. The average Bonchev–Trinajstić information content (AvgIpc) is 2.35. The van der Waals surface area contributed by atoms with E-state index in [-0.39, 0.29) is 5.91 Å². The Hall–Kier alpha value is -1.46. The number of nitrogens with zero attached hydrogens (tertiary/aromatic N) is 2. The van der Waals surface area contributed by atoms with Crippen molar-refractivity contribution in [1.82, 2.24) is 4.98 Å². The Morgan fingerprint density at radius 2 is 2.38 bits per heavy atom. The minimum absolute atomic E-state index is 0.157. The lowest BCUT2D eigenvalue weighted by Crippen LogP contribution is -2.42. The molecule has 0 aliphatic heterocycles. The Balaban J connectivity index is 2.60. The summed E-state index contributed by atoms with van der Waals surface area (Å²) >= 11 is 0. The van der Waals surface area contributed by atoms with Crippen LogP contribution in [0.5, 0.6) is 0 Å². The van der Waals surface area contributed by atoms with Gasteiger partial charge >= 0.3 is 0 Å². The van der Waals surface area contributed by atoms with Crippen LogP contribution in [0.25, 0.3) is 0 Å². The van der Waals surface area contributed by atoms with Crippen molar-refractivity contribution in [2.24, 2.45) is 5.73 Å². The number of methoxy groups -OCH3 is 1. The van der Waals surface area contributed by atoms with E-state index in [1.54, 1.807) is 32.5 Å². The predicted octanol–water partition coefficient (Wildman–Crippen LogP) is 0.408. The van der Waals surface area contributed by atoms with Gasteiger partial charge < -0.3 is 10.5 Å². The summed E-state index contributed by atoms with van der Waals surface area (Å²) in [7, 11) is 3.25. The second-order valence-corrected chi connectivity index (χ2v) is 3.47. The van der Waals surface area contributed by atoms with Gasteiger partial charge in [-0.05, 0) is 18.6 Å². The summed E-state index contributed by atoms with van der Waals surface area (Å²) in [5, 5.41) is 0. The largest absolute Gasteiger partial charge is 0.385 e. The number of hydrogen-bond acceptors (Lipinski definition) is 4. The number of hydrogen-bond donors (Lipinski definition) is 1. The third-order valence-corrected chi connectivity index (χ3v) is 2.27. The lowest BCUT2D eigenvalue weighted by atomic mass is 10.2. The van der Waals surface area contributed by atoms with Gasteiger partial charge in [0.05, 0.1) is 6.04 Å². The van der Waals surface area contributed by atoms with Crippen molar-refractivity contribution < 1.29 is 9.53 Å². The number of anilines is 1. The molecule has 1 amide bonds. The van der Waals surface area contributed by atoms with Gasteiger partial charge in [-0.25, -0.2) is 4.98 Å². The van der Waals surface area contributed by atoms with Crippen molar-refractivity contribution in [2.75, 3.05) is 25.7 Å². The Labute approximate surface area is 95.2 Å². The van der Waals surface area contributed by atoms with Crippen molar-refractivity contribution in [1.29, 1.82) is 0 Å². The lowest BCUT2D eigenvalue weighted by Gasteiger charge is -2.20. The highest BCUT2D eigenvalue weighted by Crippen LogP contribution is 2.08. The van der Waals surface area contributed by atoms with E-state index >= 15 is 0 Å². The van der Waals surface area contributed by atoms with Crippen LogP contribution < -0.4 is 10.6 Å². The van der Waals surface area contributed by atoms with Crippen molar-refractivity contribution in [3.8, 4) is 0 Å². The molecule has 0 fully saturated rings. The predicted molar refractivity (Wildman–Crippen MR) is 62.1 cm³/mol. The molecule has 5 heteroatoms. The summed E-state index contributed by atoms with van der Waals surface area (Å²) in [5.74, 6) is 0.441. The summed E-state index contributed by atoms with van der Waals surface area (Å²) in [6.45, 7) is 0.475. The van der Waals surface area contributed by atoms with Gasteiger partial charge in [-0.1, -0.05) is 6.07 Å². The first kappa shape index (κ1) is 12.6. The van der Waals surface area contributed by atoms with Gasteiger partial charge in [0, 0.05) is 27.0 Å². The van der Waals surface area contributed by atoms with Gasteiger partial charge in [0.15, 0.2) is 0 Å². The van der Waals surface area contributed by atoms with Gasteiger partial charge in [0.2, 0.25) is 5.91 Å². The summed E-state index contributed by atoms with van der Waals surface area (Å²) in [5.41, 5.74) is 5.74. The van der Waals surface area contributed by atoms with E-state index < -0.39 is 6.04 Å². The molecule has 0 aromatic carbocycles. The molecule has 0 spiro atoms. The van der Waals surface area contributed by atoms with Crippen LogP contribution in [0.2, 0.25) is 0 Å². The van der Waals surface area contributed by atoms with Crippen LogP contribution in [0.4, 0.5) is 5.82 Å². The van der Waals surface area contributed by atoms with E-state index in [4.69, 9.17) is 10.5 Å². The summed E-state index contributed by atoms with van der Waals surface area (Å²) in [6, 6.07) is 4.84. The number of ether oxygens (including phenoxy) is 1. The molecule has 0 bridgehead atoms.